The number of carbonyl (C=O) groups excluding carboxylic acids is 2. The Balaban J connectivity index is 1.66. The summed E-state index contributed by atoms with van der Waals surface area (Å²) in [7, 11) is -4.53. The van der Waals surface area contributed by atoms with Crippen molar-refractivity contribution in [2.45, 2.75) is 59.2 Å². The van der Waals surface area contributed by atoms with Crippen LogP contribution in [0, 0.1) is 20.8 Å². The summed E-state index contributed by atoms with van der Waals surface area (Å²) in [4.78, 5) is 24.8. The number of amides is 1. The predicted molar refractivity (Wildman–Crippen MR) is 159 cm³/mol. The van der Waals surface area contributed by atoms with Crippen LogP contribution in [0.3, 0.4) is 0 Å². The summed E-state index contributed by atoms with van der Waals surface area (Å²) in [6, 6.07) is 9.84. The van der Waals surface area contributed by atoms with Crippen molar-refractivity contribution >= 4 is 39.2 Å². The zero-order chi connectivity index (χ0) is 32.6. The zero-order valence-corrected chi connectivity index (χ0v) is 26.2. The van der Waals surface area contributed by atoms with Gasteiger partial charge in [-0.05, 0) is 87.6 Å². The largest absolute Gasteiger partial charge is 0.489 e. The molecule has 3 aromatic rings. The Hall–Kier alpha value is -3.77. The molecule has 0 aromatic heterocycles. The van der Waals surface area contributed by atoms with Crippen molar-refractivity contribution < 1.29 is 45.4 Å². The number of rotatable bonds is 8. The van der Waals surface area contributed by atoms with E-state index in [0.717, 1.165) is 28.8 Å². The summed E-state index contributed by atoms with van der Waals surface area (Å²) in [5, 5.41) is -1.04. The molecule has 3 aromatic carbocycles. The van der Waals surface area contributed by atoms with E-state index in [0.29, 0.717) is 36.0 Å². The van der Waals surface area contributed by atoms with E-state index >= 15 is 0 Å². The van der Waals surface area contributed by atoms with E-state index in [2.05, 4.69) is 0 Å². The van der Waals surface area contributed by atoms with Crippen LogP contribution in [-0.4, -0.2) is 37.7 Å². The maximum Gasteiger partial charge on any atom is 0.420 e. The van der Waals surface area contributed by atoms with Crippen LogP contribution < -0.4 is 18.5 Å². The first-order valence-corrected chi connectivity index (χ1v) is 15.7. The third-order valence-electron chi connectivity index (χ3n) is 7.47. The van der Waals surface area contributed by atoms with Gasteiger partial charge in [0, 0.05) is 18.1 Å². The standard InChI is InChI=1S/C31H31ClF3NO7S/c1-18-19(2)28-24(20(3)27(18)42-21(4)37)13-14-30(5,43-28)16-41-26-12-11-23(15-25(26)31(33,34)35)36(44(39,40)17-32)29(38)22-9-7-6-8-10-22/h6-12,15H,13-14,16-17H2,1-5H3. The van der Waals surface area contributed by atoms with Gasteiger partial charge in [-0.25, -0.2) is 12.7 Å². The van der Waals surface area contributed by atoms with E-state index in [9.17, 15) is 31.2 Å². The number of fused-ring (bicyclic) bond motifs is 1. The van der Waals surface area contributed by atoms with Crippen molar-refractivity contribution in [3.8, 4) is 17.2 Å². The molecule has 0 saturated heterocycles. The number of halogens is 4. The fourth-order valence-electron chi connectivity index (χ4n) is 5.05. The number of benzene rings is 3. The first kappa shape index (κ1) is 33.1. The van der Waals surface area contributed by atoms with E-state index in [1.807, 2.05) is 13.8 Å². The van der Waals surface area contributed by atoms with Gasteiger partial charge >= 0.3 is 12.1 Å². The van der Waals surface area contributed by atoms with Crippen LogP contribution in [0.1, 0.15) is 58.4 Å². The Morgan fingerprint density at radius 2 is 1.70 bits per heavy atom. The molecule has 1 aliphatic rings. The molecule has 1 heterocycles. The summed E-state index contributed by atoms with van der Waals surface area (Å²) in [5.74, 6) is -1.07. The summed E-state index contributed by atoms with van der Waals surface area (Å²) >= 11 is 5.61. The number of esters is 1. The highest BCUT2D eigenvalue weighted by Crippen LogP contribution is 2.45. The predicted octanol–water partition coefficient (Wildman–Crippen LogP) is 6.89. The Labute approximate surface area is 258 Å². The molecule has 0 aliphatic carbocycles. The number of sulfonamides is 1. The monoisotopic (exact) mass is 653 g/mol. The fraction of sp³-hybridized carbons (Fsp3) is 0.355. The van der Waals surface area contributed by atoms with Gasteiger partial charge in [0.15, 0.2) is 0 Å². The molecule has 0 saturated carbocycles. The first-order valence-electron chi connectivity index (χ1n) is 13.5. The molecule has 8 nitrogen and oxygen atoms in total. The average molecular weight is 654 g/mol. The van der Waals surface area contributed by atoms with Gasteiger partial charge in [0.25, 0.3) is 15.9 Å². The van der Waals surface area contributed by atoms with Gasteiger partial charge in [-0.15, -0.1) is 11.6 Å². The maximum atomic E-state index is 14.3. The molecule has 0 spiro atoms. The highest BCUT2D eigenvalue weighted by Gasteiger charge is 2.40. The van der Waals surface area contributed by atoms with Crippen LogP contribution in [0.2, 0.25) is 0 Å². The van der Waals surface area contributed by atoms with Gasteiger partial charge in [-0.2, -0.15) is 13.2 Å². The molecule has 44 heavy (non-hydrogen) atoms. The van der Waals surface area contributed by atoms with Crippen LogP contribution in [0.25, 0.3) is 0 Å². The Morgan fingerprint density at radius 3 is 2.30 bits per heavy atom. The van der Waals surface area contributed by atoms with Crippen LogP contribution in [0.4, 0.5) is 18.9 Å². The van der Waals surface area contributed by atoms with Crippen molar-refractivity contribution in [2.75, 3.05) is 16.1 Å². The third kappa shape index (κ3) is 6.66. The van der Waals surface area contributed by atoms with Crippen LogP contribution in [-0.2, 0) is 27.4 Å². The van der Waals surface area contributed by atoms with Gasteiger partial charge in [0.2, 0.25) is 0 Å². The van der Waals surface area contributed by atoms with Crippen molar-refractivity contribution in [3.05, 3.63) is 81.9 Å². The molecular formula is C31H31ClF3NO7S. The van der Waals surface area contributed by atoms with E-state index in [1.165, 1.54) is 31.2 Å². The molecule has 236 valence electrons. The Morgan fingerprint density at radius 1 is 1.05 bits per heavy atom. The van der Waals surface area contributed by atoms with Gasteiger partial charge in [0.1, 0.15) is 34.7 Å². The summed E-state index contributed by atoms with van der Waals surface area (Å²) in [6.07, 6.45) is -4.08. The van der Waals surface area contributed by atoms with Crippen molar-refractivity contribution in [2.24, 2.45) is 0 Å². The molecule has 1 amide bonds. The van der Waals surface area contributed by atoms with E-state index in [1.54, 1.807) is 19.9 Å². The summed E-state index contributed by atoms with van der Waals surface area (Å²) in [5.41, 5.74) is 0.118. The van der Waals surface area contributed by atoms with Crippen molar-refractivity contribution in [1.29, 1.82) is 0 Å². The molecule has 1 aliphatic heterocycles. The third-order valence-corrected chi connectivity index (χ3v) is 9.50. The number of alkyl halides is 4. The molecule has 4 rings (SSSR count). The number of hydrogen-bond acceptors (Lipinski definition) is 7. The zero-order valence-electron chi connectivity index (χ0n) is 24.7. The minimum absolute atomic E-state index is 0.0570. The number of carbonyl (C=O) groups is 2. The number of nitrogens with zero attached hydrogens (tertiary/aromatic N) is 1. The molecule has 13 heteroatoms. The number of anilines is 1. The lowest BCUT2D eigenvalue weighted by molar-refractivity contribution is -0.139. The highest BCUT2D eigenvalue weighted by molar-refractivity contribution is 7.94. The van der Waals surface area contributed by atoms with E-state index in [-0.39, 0.29) is 16.5 Å². The van der Waals surface area contributed by atoms with Gasteiger partial charge in [-0.3, -0.25) is 9.59 Å². The minimum Gasteiger partial charge on any atom is -0.489 e. The topological polar surface area (TPSA) is 99.2 Å². The van der Waals surface area contributed by atoms with Crippen molar-refractivity contribution in [3.63, 3.8) is 0 Å². The molecule has 0 fully saturated rings. The van der Waals surface area contributed by atoms with Gasteiger partial charge in [-0.1, -0.05) is 18.2 Å². The molecule has 0 radical (unpaired) electrons. The normalized spacial score (nSPS) is 16.5. The van der Waals surface area contributed by atoms with Crippen molar-refractivity contribution in [1.82, 2.24) is 0 Å². The van der Waals surface area contributed by atoms with Crippen LogP contribution in [0.5, 0.6) is 17.2 Å². The van der Waals surface area contributed by atoms with Gasteiger partial charge < -0.3 is 14.2 Å². The lowest BCUT2D eigenvalue weighted by atomic mass is 9.87. The second-order valence-electron chi connectivity index (χ2n) is 10.8. The second-order valence-corrected chi connectivity index (χ2v) is 13.2. The highest BCUT2D eigenvalue weighted by atomic mass is 35.5. The summed E-state index contributed by atoms with van der Waals surface area (Å²) < 4.78 is 86.2. The molecule has 1 atom stereocenters. The molecule has 0 N–H and O–H groups in total. The maximum absolute atomic E-state index is 14.3. The van der Waals surface area contributed by atoms with E-state index < -0.39 is 55.9 Å². The lowest BCUT2D eigenvalue weighted by Crippen LogP contribution is -2.43. The fourth-order valence-corrected chi connectivity index (χ4v) is 6.24. The Kier molecular flexibility index (Phi) is 9.27. The van der Waals surface area contributed by atoms with E-state index in [4.69, 9.17) is 25.8 Å². The first-order chi connectivity index (χ1) is 20.5. The summed E-state index contributed by atoms with van der Waals surface area (Å²) in [6.45, 7) is 8.18. The Bertz CT molecular complexity index is 1710. The molecule has 1 unspecified atom stereocenters. The van der Waals surface area contributed by atoms with Crippen LogP contribution >= 0.6 is 11.6 Å². The number of hydrogen-bond donors (Lipinski definition) is 0. The second kappa shape index (κ2) is 12.3. The van der Waals surface area contributed by atoms with Gasteiger partial charge in [0.05, 0.1) is 11.3 Å². The SMILES string of the molecule is CC(=O)Oc1c(C)c(C)c2c(c1C)CCC(C)(COc1ccc(N(C(=O)c3ccccc3)S(=O)(=O)CCl)cc1C(F)(F)F)O2. The average Bonchev–Trinajstić information content (AvgIpc) is 2.97. The van der Waals surface area contributed by atoms with Crippen LogP contribution in [0.15, 0.2) is 48.5 Å². The quantitative estimate of drug-likeness (QED) is 0.148. The molecule has 0 bridgehead atoms. The minimum atomic E-state index is -4.96. The lowest BCUT2D eigenvalue weighted by Gasteiger charge is -2.38. The number of ether oxygens (including phenoxy) is 3. The smallest absolute Gasteiger partial charge is 0.420 e. The molecular weight excluding hydrogens is 623 g/mol.